The lowest BCUT2D eigenvalue weighted by molar-refractivity contribution is 0.529. The zero-order chi connectivity index (χ0) is 13.1. The number of aromatic nitrogens is 2. The molecule has 3 nitrogen and oxygen atoms in total. The quantitative estimate of drug-likeness (QED) is 0.919. The molecule has 0 saturated heterocycles. The summed E-state index contributed by atoms with van der Waals surface area (Å²) < 4.78 is 3.09. The monoisotopic (exact) mass is 307 g/mol. The Bertz CT molecular complexity index is 532. The smallest absolute Gasteiger partial charge is 0.0825 e. The minimum atomic E-state index is 0.394. The third-order valence-electron chi connectivity index (χ3n) is 2.82. The lowest BCUT2D eigenvalue weighted by Gasteiger charge is -2.05. The van der Waals surface area contributed by atoms with E-state index in [4.69, 9.17) is 0 Å². The van der Waals surface area contributed by atoms with Crippen LogP contribution in [-0.4, -0.2) is 9.78 Å². The van der Waals surface area contributed by atoms with Gasteiger partial charge in [0.2, 0.25) is 0 Å². The van der Waals surface area contributed by atoms with Crippen molar-refractivity contribution in [2.45, 2.75) is 33.4 Å². The molecule has 0 amide bonds. The number of nitrogens with zero attached hydrogens (tertiary/aromatic N) is 2. The maximum absolute atomic E-state index is 4.48. The second-order valence-corrected chi connectivity index (χ2v) is 5.60. The van der Waals surface area contributed by atoms with E-state index in [1.54, 1.807) is 0 Å². The van der Waals surface area contributed by atoms with E-state index < -0.39 is 0 Å². The SMILES string of the molecule is Cc1nn(C(C)C)cc1NCc1cccc(Br)c1. The van der Waals surface area contributed by atoms with Gasteiger partial charge in [0.1, 0.15) is 0 Å². The van der Waals surface area contributed by atoms with E-state index in [-0.39, 0.29) is 0 Å². The molecule has 0 atom stereocenters. The number of benzene rings is 1. The minimum absolute atomic E-state index is 0.394. The molecule has 0 aliphatic heterocycles. The number of nitrogens with one attached hydrogen (secondary N) is 1. The third-order valence-corrected chi connectivity index (χ3v) is 3.31. The number of anilines is 1. The highest BCUT2D eigenvalue weighted by molar-refractivity contribution is 9.10. The Hall–Kier alpha value is -1.29. The van der Waals surface area contributed by atoms with E-state index in [9.17, 15) is 0 Å². The molecule has 0 bridgehead atoms. The number of hydrogen-bond donors (Lipinski definition) is 1. The van der Waals surface area contributed by atoms with Gasteiger partial charge >= 0.3 is 0 Å². The molecule has 0 aliphatic carbocycles. The van der Waals surface area contributed by atoms with Crippen molar-refractivity contribution in [2.24, 2.45) is 0 Å². The van der Waals surface area contributed by atoms with Gasteiger partial charge in [-0.3, -0.25) is 4.68 Å². The van der Waals surface area contributed by atoms with Crippen molar-refractivity contribution in [1.82, 2.24) is 9.78 Å². The first-order valence-corrected chi connectivity index (χ1v) is 6.89. The van der Waals surface area contributed by atoms with Gasteiger partial charge in [0.05, 0.1) is 11.4 Å². The zero-order valence-electron chi connectivity index (χ0n) is 10.9. The molecule has 96 valence electrons. The Morgan fingerprint density at radius 1 is 1.39 bits per heavy atom. The average Bonchev–Trinajstić information content (AvgIpc) is 2.68. The molecular weight excluding hydrogens is 290 g/mol. The molecule has 1 N–H and O–H groups in total. The van der Waals surface area contributed by atoms with Crippen LogP contribution >= 0.6 is 15.9 Å². The maximum atomic E-state index is 4.48. The Balaban J connectivity index is 2.06. The highest BCUT2D eigenvalue weighted by Crippen LogP contribution is 2.18. The van der Waals surface area contributed by atoms with Gasteiger partial charge in [0.25, 0.3) is 0 Å². The molecule has 0 spiro atoms. The van der Waals surface area contributed by atoms with Crippen LogP contribution in [0, 0.1) is 6.92 Å². The highest BCUT2D eigenvalue weighted by Gasteiger charge is 2.06. The predicted molar refractivity (Wildman–Crippen MR) is 78.8 cm³/mol. The van der Waals surface area contributed by atoms with E-state index in [2.05, 4.69) is 58.5 Å². The van der Waals surface area contributed by atoms with Crippen LogP contribution in [0.4, 0.5) is 5.69 Å². The number of rotatable bonds is 4. The summed E-state index contributed by atoms with van der Waals surface area (Å²) in [6, 6.07) is 8.71. The van der Waals surface area contributed by atoms with E-state index in [0.29, 0.717) is 6.04 Å². The van der Waals surface area contributed by atoms with Gasteiger partial charge in [-0.1, -0.05) is 28.1 Å². The predicted octanol–water partition coefficient (Wildman–Crippen LogP) is 4.15. The molecule has 0 unspecified atom stereocenters. The molecule has 2 aromatic rings. The lowest BCUT2D eigenvalue weighted by atomic mass is 10.2. The molecule has 1 heterocycles. The van der Waals surface area contributed by atoms with Crippen molar-refractivity contribution in [3.8, 4) is 0 Å². The van der Waals surface area contributed by atoms with E-state index in [0.717, 1.165) is 22.4 Å². The van der Waals surface area contributed by atoms with Gasteiger partial charge < -0.3 is 5.32 Å². The van der Waals surface area contributed by atoms with Crippen LogP contribution in [0.5, 0.6) is 0 Å². The fourth-order valence-corrected chi connectivity index (χ4v) is 2.21. The molecule has 0 saturated carbocycles. The summed E-state index contributed by atoms with van der Waals surface area (Å²) in [4.78, 5) is 0. The summed E-state index contributed by atoms with van der Waals surface area (Å²) in [5.74, 6) is 0. The normalized spacial score (nSPS) is 10.9. The molecular formula is C14H18BrN3. The maximum Gasteiger partial charge on any atom is 0.0825 e. The van der Waals surface area contributed by atoms with E-state index in [1.165, 1.54) is 5.56 Å². The number of hydrogen-bond acceptors (Lipinski definition) is 2. The molecule has 18 heavy (non-hydrogen) atoms. The summed E-state index contributed by atoms with van der Waals surface area (Å²) in [6.45, 7) is 7.10. The summed E-state index contributed by atoms with van der Waals surface area (Å²) in [6.07, 6.45) is 2.07. The van der Waals surface area contributed by atoms with Gasteiger partial charge in [-0.25, -0.2) is 0 Å². The van der Waals surface area contributed by atoms with E-state index in [1.807, 2.05) is 23.7 Å². The van der Waals surface area contributed by atoms with Crippen LogP contribution in [0.2, 0.25) is 0 Å². The van der Waals surface area contributed by atoms with Crippen LogP contribution in [0.3, 0.4) is 0 Å². The van der Waals surface area contributed by atoms with Crippen LogP contribution in [0.1, 0.15) is 31.1 Å². The fraction of sp³-hybridized carbons (Fsp3) is 0.357. The fourth-order valence-electron chi connectivity index (χ4n) is 1.76. The summed E-state index contributed by atoms with van der Waals surface area (Å²) in [7, 11) is 0. The zero-order valence-corrected chi connectivity index (χ0v) is 12.5. The van der Waals surface area contributed by atoms with Crippen molar-refractivity contribution in [3.05, 3.63) is 46.2 Å². The second kappa shape index (κ2) is 5.57. The molecule has 0 radical (unpaired) electrons. The minimum Gasteiger partial charge on any atom is -0.378 e. The molecule has 0 fully saturated rings. The van der Waals surface area contributed by atoms with Crippen LogP contribution in [0.15, 0.2) is 34.9 Å². The summed E-state index contributed by atoms with van der Waals surface area (Å²) in [5, 5.41) is 7.91. The van der Waals surface area contributed by atoms with Crippen LogP contribution in [-0.2, 0) is 6.54 Å². The molecule has 0 aliphatic rings. The van der Waals surface area contributed by atoms with Crippen molar-refractivity contribution >= 4 is 21.6 Å². The third kappa shape index (κ3) is 3.13. The highest BCUT2D eigenvalue weighted by atomic mass is 79.9. The van der Waals surface area contributed by atoms with Gasteiger partial charge in [-0.15, -0.1) is 0 Å². The van der Waals surface area contributed by atoms with Crippen molar-refractivity contribution < 1.29 is 0 Å². The Morgan fingerprint density at radius 2 is 2.17 bits per heavy atom. The van der Waals surface area contributed by atoms with Crippen molar-refractivity contribution in [1.29, 1.82) is 0 Å². The van der Waals surface area contributed by atoms with Gasteiger partial charge in [0, 0.05) is 23.3 Å². The molecule has 1 aromatic heterocycles. The number of halogens is 1. The first-order chi connectivity index (χ1) is 8.56. The Kier molecular flexibility index (Phi) is 4.07. The summed E-state index contributed by atoms with van der Waals surface area (Å²) >= 11 is 3.48. The van der Waals surface area contributed by atoms with Crippen LogP contribution in [0.25, 0.3) is 0 Å². The van der Waals surface area contributed by atoms with Gasteiger partial charge in [-0.2, -0.15) is 5.10 Å². The van der Waals surface area contributed by atoms with E-state index >= 15 is 0 Å². The topological polar surface area (TPSA) is 29.9 Å². The van der Waals surface area contributed by atoms with Gasteiger partial charge in [-0.05, 0) is 38.5 Å². The first kappa shape index (κ1) is 13.1. The van der Waals surface area contributed by atoms with Crippen molar-refractivity contribution in [3.63, 3.8) is 0 Å². The second-order valence-electron chi connectivity index (χ2n) is 4.69. The van der Waals surface area contributed by atoms with Crippen LogP contribution < -0.4 is 5.32 Å². The summed E-state index contributed by atoms with van der Waals surface area (Å²) in [5.41, 5.74) is 3.39. The largest absolute Gasteiger partial charge is 0.378 e. The Labute approximate surface area is 116 Å². The average molecular weight is 308 g/mol. The van der Waals surface area contributed by atoms with Gasteiger partial charge in [0.15, 0.2) is 0 Å². The number of aryl methyl sites for hydroxylation is 1. The molecule has 1 aromatic carbocycles. The van der Waals surface area contributed by atoms with Crippen molar-refractivity contribution in [2.75, 3.05) is 5.32 Å². The first-order valence-electron chi connectivity index (χ1n) is 6.10. The Morgan fingerprint density at radius 3 is 2.78 bits per heavy atom. The lowest BCUT2D eigenvalue weighted by Crippen LogP contribution is -2.01. The molecule has 4 heteroatoms. The molecule has 2 rings (SSSR count). The standard InChI is InChI=1S/C14H18BrN3/c1-10(2)18-9-14(11(3)17-18)16-8-12-5-4-6-13(15)7-12/h4-7,9-10,16H,8H2,1-3H3.